The molecule has 2 aromatic carbocycles. The first kappa shape index (κ1) is 20.2. The predicted octanol–water partition coefficient (Wildman–Crippen LogP) is 4.15. The first-order chi connectivity index (χ1) is 14.5. The molecule has 0 aliphatic heterocycles. The molecule has 0 unspecified atom stereocenters. The number of nitrogens with one attached hydrogen (secondary N) is 1. The van der Waals surface area contributed by atoms with Crippen molar-refractivity contribution in [2.45, 2.75) is 37.8 Å². The van der Waals surface area contributed by atoms with Crippen LogP contribution in [-0.2, 0) is 4.79 Å². The molecule has 0 radical (unpaired) electrons. The molecule has 1 fully saturated rings. The first-order valence-electron chi connectivity index (χ1n) is 10.2. The Balaban J connectivity index is 1.54. The van der Waals surface area contributed by atoms with Crippen molar-refractivity contribution < 1.29 is 18.4 Å². The van der Waals surface area contributed by atoms with Crippen LogP contribution in [0, 0.1) is 5.82 Å². The molecule has 1 aromatic heterocycles. The Kier molecular flexibility index (Phi) is 5.63. The second-order valence-corrected chi connectivity index (χ2v) is 7.67. The van der Waals surface area contributed by atoms with Crippen molar-refractivity contribution in [1.29, 1.82) is 0 Å². The number of hydrogen-bond donors (Lipinski definition) is 1. The maximum absolute atomic E-state index is 13.9. The Hall–Kier alpha value is -3.06. The third kappa shape index (κ3) is 3.73. The summed E-state index contributed by atoms with van der Waals surface area (Å²) in [5.74, 6) is -0.237. The van der Waals surface area contributed by atoms with Crippen molar-refractivity contribution in [1.82, 2.24) is 15.2 Å². The summed E-state index contributed by atoms with van der Waals surface area (Å²) in [7, 11) is 1.80. The van der Waals surface area contributed by atoms with Crippen molar-refractivity contribution in [2.75, 3.05) is 13.6 Å². The number of oxazole rings is 1. The molecule has 4 rings (SSSR count). The summed E-state index contributed by atoms with van der Waals surface area (Å²) < 4.78 is 19.4. The molecule has 1 heterocycles. The number of amides is 1. The van der Waals surface area contributed by atoms with E-state index in [9.17, 15) is 14.0 Å². The van der Waals surface area contributed by atoms with Crippen LogP contribution in [-0.4, -0.2) is 41.3 Å². The Morgan fingerprint density at radius 2 is 1.97 bits per heavy atom. The molecule has 0 bridgehead atoms. The molecule has 6 nitrogen and oxygen atoms in total. The lowest BCUT2D eigenvalue weighted by Gasteiger charge is -2.40. The van der Waals surface area contributed by atoms with E-state index >= 15 is 0 Å². The number of halogens is 1. The highest BCUT2D eigenvalue weighted by atomic mass is 19.1. The number of fused-ring (bicyclic) bond motifs is 1. The highest BCUT2D eigenvalue weighted by Crippen LogP contribution is 2.33. The van der Waals surface area contributed by atoms with Crippen LogP contribution in [0.5, 0.6) is 0 Å². The SMILES string of the molecule is CN(C(=O)c1ccc(-c2nc3cccc(F)c3o2)cc1)C1(NCCC=O)CCCC1. The van der Waals surface area contributed by atoms with Crippen LogP contribution >= 0.6 is 0 Å². The first-order valence-corrected chi connectivity index (χ1v) is 10.2. The largest absolute Gasteiger partial charge is 0.433 e. The minimum atomic E-state index is -0.455. The number of carbonyl (C=O) groups is 2. The van der Waals surface area contributed by atoms with Crippen molar-refractivity contribution in [3.63, 3.8) is 0 Å². The molecule has 1 saturated carbocycles. The van der Waals surface area contributed by atoms with Crippen molar-refractivity contribution in [3.05, 3.63) is 53.8 Å². The van der Waals surface area contributed by atoms with Gasteiger partial charge >= 0.3 is 0 Å². The summed E-state index contributed by atoms with van der Waals surface area (Å²) in [6.07, 6.45) is 5.11. The van der Waals surface area contributed by atoms with E-state index in [0.29, 0.717) is 35.5 Å². The second-order valence-electron chi connectivity index (χ2n) is 7.67. The van der Waals surface area contributed by atoms with Gasteiger partial charge in [0.15, 0.2) is 11.4 Å². The lowest BCUT2D eigenvalue weighted by Crippen LogP contribution is -2.57. The number of rotatable bonds is 7. The zero-order valence-corrected chi connectivity index (χ0v) is 16.9. The highest BCUT2D eigenvalue weighted by molar-refractivity contribution is 5.95. The van der Waals surface area contributed by atoms with Gasteiger partial charge in [-0.05, 0) is 62.1 Å². The number of nitrogens with zero attached hydrogens (tertiary/aromatic N) is 2. The van der Waals surface area contributed by atoms with E-state index < -0.39 is 11.5 Å². The molecule has 1 amide bonds. The van der Waals surface area contributed by atoms with Gasteiger partial charge in [0, 0.05) is 31.1 Å². The summed E-state index contributed by atoms with van der Waals surface area (Å²) in [4.78, 5) is 29.9. The number of para-hydroxylation sites is 1. The van der Waals surface area contributed by atoms with Gasteiger partial charge in [-0.25, -0.2) is 9.37 Å². The highest BCUT2D eigenvalue weighted by Gasteiger charge is 2.39. The van der Waals surface area contributed by atoms with Crippen LogP contribution in [0.25, 0.3) is 22.6 Å². The maximum Gasteiger partial charge on any atom is 0.255 e. The Morgan fingerprint density at radius 1 is 1.23 bits per heavy atom. The zero-order chi connectivity index (χ0) is 21.1. The molecule has 1 aliphatic rings. The van der Waals surface area contributed by atoms with E-state index in [1.165, 1.54) is 6.07 Å². The van der Waals surface area contributed by atoms with E-state index in [2.05, 4.69) is 10.3 Å². The van der Waals surface area contributed by atoms with E-state index in [0.717, 1.165) is 32.0 Å². The topological polar surface area (TPSA) is 75.4 Å². The molecule has 156 valence electrons. The van der Waals surface area contributed by atoms with Gasteiger partial charge in [-0.15, -0.1) is 0 Å². The standard InChI is InChI=1S/C23H24FN3O3/c1-27(23(12-2-3-13-23)25-14-5-15-28)22(29)17-10-8-16(9-11-17)21-26-19-7-4-6-18(24)20(19)30-21/h4,6-11,15,25H,2-3,5,12-14H2,1H3. The lowest BCUT2D eigenvalue weighted by molar-refractivity contribution is -0.107. The van der Waals surface area contributed by atoms with Gasteiger partial charge in [0.1, 0.15) is 11.8 Å². The quantitative estimate of drug-likeness (QED) is 0.360. The average Bonchev–Trinajstić information content (AvgIpc) is 3.42. The molecule has 0 spiro atoms. The third-order valence-electron chi connectivity index (χ3n) is 5.84. The maximum atomic E-state index is 13.9. The number of carbonyl (C=O) groups excluding carboxylic acids is 2. The van der Waals surface area contributed by atoms with Crippen LogP contribution in [0.2, 0.25) is 0 Å². The van der Waals surface area contributed by atoms with E-state index in [1.807, 2.05) is 0 Å². The number of hydrogen-bond acceptors (Lipinski definition) is 5. The van der Waals surface area contributed by atoms with E-state index in [1.54, 1.807) is 48.3 Å². The van der Waals surface area contributed by atoms with Gasteiger partial charge in [-0.3, -0.25) is 10.1 Å². The van der Waals surface area contributed by atoms with Crippen LogP contribution in [0.3, 0.4) is 0 Å². The van der Waals surface area contributed by atoms with E-state index in [4.69, 9.17) is 4.42 Å². The summed E-state index contributed by atoms with van der Waals surface area (Å²) in [6, 6.07) is 11.6. The zero-order valence-electron chi connectivity index (χ0n) is 16.9. The predicted molar refractivity (Wildman–Crippen MR) is 111 cm³/mol. The van der Waals surface area contributed by atoms with Crippen LogP contribution in [0.4, 0.5) is 4.39 Å². The van der Waals surface area contributed by atoms with Gasteiger partial charge in [0.2, 0.25) is 5.89 Å². The summed E-state index contributed by atoms with van der Waals surface area (Å²) >= 11 is 0. The number of aromatic nitrogens is 1. The lowest BCUT2D eigenvalue weighted by atomic mass is 10.0. The monoisotopic (exact) mass is 409 g/mol. The fourth-order valence-electron chi connectivity index (χ4n) is 4.14. The Bertz CT molecular complexity index is 1060. The molecule has 3 aromatic rings. The Labute approximate surface area is 174 Å². The van der Waals surface area contributed by atoms with E-state index in [-0.39, 0.29) is 11.5 Å². The van der Waals surface area contributed by atoms with Crippen molar-refractivity contribution in [3.8, 4) is 11.5 Å². The molecule has 30 heavy (non-hydrogen) atoms. The normalized spacial score (nSPS) is 15.4. The summed E-state index contributed by atoms with van der Waals surface area (Å²) in [5, 5.41) is 3.42. The number of benzene rings is 2. The third-order valence-corrected chi connectivity index (χ3v) is 5.84. The molecule has 1 aliphatic carbocycles. The molecule has 0 saturated heterocycles. The van der Waals surface area contributed by atoms with Crippen LogP contribution < -0.4 is 5.32 Å². The van der Waals surface area contributed by atoms with Gasteiger partial charge in [0.05, 0.1) is 5.66 Å². The smallest absolute Gasteiger partial charge is 0.255 e. The minimum absolute atomic E-state index is 0.0920. The fraction of sp³-hybridized carbons (Fsp3) is 0.348. The van der Waals surface area contributed by atoms with Crippen LogP contribution in [0.15, 0.2) is 46.9 Å². The summed E-state index contributed by atoms with van der Waals surface area (Å²) in [6.45, 7) is 0.550. The second kappa shape index (κ2) is 8.36. The van der Waals surface area contributed by atoms with Gasteiger partial charge < -0.3 is 14.1 Å². The average molecular weight is 409 g/mol. The van der Waals surface area contributed by atoms with Crippen LogP contribution in [0.1, 0.15) is 42.5 Å². The molecular weight excluding hydrogens is 385 g/mol. The molecule has 7 heteroatoms. The van der Waals surface area contributed by atoms with Gasteiger partial charge in [-0.2, -0.15) is 0 Å². The fourth-order valence-corrected chi connectivity index (χ4v) is 4.14. The molecular formula is C23H24FN3O3. The van der Waals surface area contributed by atoms with Gasteiger partial charge in [0.25, 0.3) is 5.91 Å². The van der Waals surface area contributed by atoms with Crippen molar-refractivity contribution in [2.24, 2.45) is 0 Å². The minimum Gasteiger partial charge on any atom is -0.433 e. The molecule has 1 N–H and O–H groups in total. The number of aldehydes is 1. The summed E-state index contributed by atoms with van der Waals surface area (Å²) in [5.41, 5.74) is 1.37. The van der Waals surface area contributed by atoms with Crippen molar-refractivity contribution >= 4 is 23.3 Å². The van der Waals surface area contributed by atoms with Gasteiger partial charge in [-0.1, -0.05) is 6.07 Å². The Morgan fingerprint density at radius 3 is 2.63 bits per heavy atom. The molecule has 0 atom stereocenters.